The second kappa shape index (κ2) is 12.9. The molecule has 2 aliphatic carbocycles. The Labute approximate surface area is 309 Å². The molecule has 4 aromatic rings. The van der Waals surface area contributed by atoms with Crippen molar-refractivity contribution >= 4 is 51.6 Å². The number of hydrogen-bond donors (Lipinski definition) is 2. The van der Waals surface area contributed by atoms with Crippen molar-refractivity contribution in [1.82, 2.24) is 29.7 Å². The molecule has 8 rings (SSSR count). The van der Waals surface area contributed by atoms with Gasteiger partial charge < -0.3 is 25.0 Å². The van der Waals surface area contributed by atoms with Crippen LogP contribution >= 0.6 is 11.6 Å². The Morgan fingerprint density at radius 1 is 1.00 bits per heavy atom. The number of alkyl halides is 2. The van der Waals surface area contributed by atoms with Gasteiger partial charge in [-0.05, 0) is 97.5 Å². The number of likely N-dealkylation sites (tertiary alicyclic amines) is 1. The molecule has 2 N–H and O–H groups in total. The first-order chi connectivity index (χ1) is 25.2. The van der Waals surface area contributed by atoms with E-state index in [9.17, 15) is 18.4 Å². The van der Waals surface area contributed by atoms with Crippen LogP contribution < -0.4 is 15.5 Å². The molecule has 1 saturated heterocycles. The van der Waals surface area contributed by atoms with E-state index >= 15 is 8.78 Å². The molecular formula is C38H41ClF4N8O2. The Bertz CT molecular complexity index is 2140. The highest BCUT2D eigenvalue weighted by Gasteiger charge is 2.53. The van der Waals surface area contributed by atoms with Crippen LogP contribution in [0.3, 0.4) is 0 Å². The zero-order valence-corrected chi connectivity index (χ0v) is 30.7. The van der Waals surface area contributed by atoms with Crippen molar-refractivity contribution < 1.29 is 27.2 Å². The van der Waals surface area contributed by atoms with E-state index < -0.39 is 51.2 Å². The number of anilines is 3. The van der Waals surface area contributed by atoms with Gasteiger partial charge in [0, 0.05) is 29.9 Å². The normalized spacial score (nSPS) is 22.0. The number of benzene rings is 1. The maximum absolute atomic E-state index is 15.6. The molecule has 0 atom stereocenters. The molecule has 2 aliphatic heterocycles. The van der Waals surface area contributed by atoms with Crippen LogP contribution in [0.2, 0.25) is 5.02 Å². The summed E-state index contributed by atoms with van der Waals surface area (Å²) >= 11 is 6.06. The van der Waals surface area contributed by atoms with Gasteiger partial charge in [-0.1, -0.05) is 18.0 Å². The maximum Gasteiger partial charge on any atom is 0.261 e. The number of imidazole rings is 1. The number of nitrogens with zero attached hydrogens (tertiary/aromatic N) is 6. The van der Waals surface area contributed by atoms with Gasteiger partial charge in [-0.3, -0.25) is 14.6 Å². The highest BCUT2D eigenvalue weighted by molar-refractivity contribution is 6.34. The minimum absolute atomic E-state index is 0.00178. The molecule has 0 bridgehead atoms. The highest BCUT2D eigenvalue weighted by atomic mass is 35.5. The summed E-state index contributed by atoms with van der Waals surface area (Å²) in [5.74, 6) is -3.84. The number of amides is 2. The average Bonchev–Trinajstić information content (AvgIpc) is 3.72. The molecule has 2 amide bonds. The first-order valence-electron chi connectivity index (χ1n) is 18.2. The summed E-state index contributed by atoms with van der Waals surface area (Å²) in [5.41, 5.74) is -0.160. The summed E-state index contributed by atoms with van der Waals surface area (Å²) in [6.45, 7) is 9.81. The molecule has 1 aromatic carbocycles. The number of aromatic nitrogens is 4. The molecule has 10 nitrogen and oxygen atoms in total. The molecule has 15 heteroatoms. The Morgan fingerprint density at radius 2 is 1.72 bits per heavy atom. The molecule has 53 heavy (non-hydrogen) atoms. The summed E-state index contributed by atoms with van der Waals surface area (Å²) in [4.78, 5) is 45.7. The molecule has 4 aliphatic rings. The summed E-state index contributed by atoms with van der Waals surface area (Å²) in [7, 11) is 0. The van der Waals surface area contributed by atoms with Crippen LogP contribution in [0.4, 0.5) is 34.8 Å². The highest BCUT2D eigenvalue weighted by Crippen LogP contribution is 2.47. The summed E-state index contributed by atoms with van der Waals surface area (Å²) in [6.07, 6.45) is 5.98. The number of nitrogens with one attached hydrogen (secondary N) is 2. The van der Waals surface area contributed by atoms with Gasteiger partial charge in [-0.15, -0.1) is 0 Å². The molecule has 3 fully saturated rings. The van der Waals surface area contributed by atoms with Crippen LogP contribution in [-0.4, -0.2) is 73.4 Å². The Kier molecular flexibility index (Phi) is 8.71. The van der Waals surface area contributed by atoms with Gasteiger partial charge in [0.1, 0.15) is 11.1 Å². The molecule has 0 radical (unpaired) electrons. The van der Waals surface area contributed by atoms with Crippen LogP contribution in [0.5, 0.6) is 0 Å². The lowest BCUT2D eigenvalue weighted by Crippen LogP contribution is -2.57. The predicted octanol–water partition coefficient (Wildman–Crippen LogP) is 7.92. The van der Waals surface area contributed by atoms with Crippen LogP contribution in [-0.2, 0) is 10.2 Å². The minimum Gasteiger partial charge on any atom is -0.341 e. The van der Waals surface area contributed by atoms with Gasteiger partial charge in [-0.25, -0.2) is 27.5 Å². The standard InChI is InChI=1S/C38H41ClF4N8O2/c1-19(2)50-18-45-26-16-24(20-12-27-32(44-17-20)37(3,4)36(53)51(27)22-13-21(14-22)49-10-6-5-7-11-49)46-33(31(26)50)47-25-15-23(28(39)30(41)29(25)40)34(52)48-38(8-9-38)35(42)43/h12,15-19,21-22,35H,5-11,13-14H2,1-4H3,(H,46,47)(H,48,52)/t21-,22+. The lowest BCUT2D eigenvalue weighted by Gasteiger charge is -2.47. The fourth-order valence-corrected chi connectivity index (χ4v) is 8.21. The van der Waals surface area contributed by atoms with Gasteiger partial charge in [0.2, 0.25) is 5.91 Å². The average molecular weight is 753 g/mol. The van der Waals surface area contributed by atoms with Gasteiger partial charge in [-0.2, -0.15) is 0 Å². The summed E-state index contributed by atoms with van der Waals surface area (Å²) in [6, 6.07) is 5.06. The van der Waals surface area contributed by atoms with Gasteiger partial charge in [0.15, 0.2) is 17.5 Å². The van der Waals surface area contributed by atoms with E-state index in [1.807, 2.05) is 43.2 Å². The SMILES string of the molecule is CC(C)n1cnc2cc(-c3cnc4c(c3)N([C@H]3C[C@@H](N5CCCCC5)C3)C(=O)C4(C)C)nc(Nc3cc(C(=O)NC4(C(F)F)CC4)c(Cl)c(F)c3F)c21. The molecule has 280 valence electrons. The number of carbonyl (C=O) groups is 2. The van der Waals surface area contributed by atoms with E-state index in [0.717, 1.165) is 37.7 Å². The summed E-state index contributed by atoms with van der Waals surface area (Å²) < 4.78 is 59.9. The van der Waals surface area contributed by atoms with E-state index in [-0.39, 0.29) is 36.7 Å². The largest absolute Gasteiger partial charge is 0.341 e. The second-order valence-corrected chi connectivity index (χ2v) is 16.1. The fraction of sp³-hybridized carbons (Fsp3) is 0.500. The maximum atomic E-state index is 15.6. The Hall–Kier alpha value is -4.30. The lowest BCUT2D eigenvalue weighted by atomic mass is 9.83. The number of rotatable bonds is 9. The third-order valence-electron chi connectivity index (χ3n) is 11.5. The minimum atomic E-state index is -2.83. The Morgan fingerprint density at radius 3 is 2.38 bits per heavy atom. The van der Waals surface area contributed by atoms with Crippen molar-refractivity contribution in [3.05, 3.63) is 58.6 Å². The summed E-state index contributed by atoms with van der Waals surface area (Å²) in [5, 5.41) is 4.29. The molecule has 3 aromatic heterocycles. The third-order valence-corrected chi connectivity index (χ3v) is 11.8. The monoisotopic (exact) mass is 752 g/mol. The fourth-order valence-electron chi connectivity index (χ4n) is 7.98. The molecule has 2 saturated carbocycles. The smallest absolute Gasteiger partial charge is 0.261 e. The predicted molar refractivity (Wildman–Crippen MR) is 194 cm³/mol. The van der Waals surface area contributed by atoms with E-state index in [0.29, 0.717) is 34.0 Å². The van der Waals surface area contributed by atoms with Gasteiger partial charge in [0.05, 0.1) is 50.6 Å². The number of fused-ring (bicyclic) bond motifs is 2. The van der Waals surface area contributed by atoms with Gasteiger partial charge in [0.25, 0.3) is 12.3 Å². The van der Waals surface area contributed by atoms with Crippen LogP contribution in [0.1, 0.15) is 94.7 Å². The first kappa shape index (κ1) is 35.7. The molecular weight excluding hydrogens is 712 g/mol. The molecule has 0 unspecified atom stereocenters. The van der Waals surface area contributed by atoms with E-state index in [4.69, 9.17) is 21.6 Å². The van der Waals surface area contributed by atoms with Crippen molar-refractivity contribution in [2.45, 2.75) is 108 Å². The van der Waals surface area contributed by atoms with Crippen molar-refractivity contribution in [3.63, 3.8) is 0 Å². The van der Waals surface area contributed by atoms with E-state index in [2.05, 4.69) is 20.5 Å². The van der Waals surface area contributed by atoms with Crippen LogP contribution in [0.25, 0.3) is 22.3 Å². The zero-order chi connectivity index (χ0) is 37.6. The van der Waals surface area contributed by atoms with E-state index in [1.165, 1.54) is 19.3 Å². The zero-order valence-electron chi connectivity index (χ0n) is 29.9. The van der Waals surface area contributed by atoms with Gasteiger partial charge >= 0.3 is 0 Å². The van der Waals surface area contributed by atoms with E-state index in [1.54, 1.807) is 18.6 Å². The topological polar surface area (TPSA) is 108 Å². The second-order valence-electron chi connectivity index (χ2n) is 15.7. The van der Waals surface area contributed by atoms with Crippen molar-refractivity contribution in [3.8, 4) is 11.3 Å². The lowest BCUT2D eigenvalue weighted by molar-refractivity contribution is -0.123. The van der Waals surface area contributed by atoms with Crippen molar-refractivity contribution in [2.24, 2.45) is 0 Å². The number of pyridine rings is 2. The Balaban J connectivity index is 1.17. The third kappa shape index (κ3) is 5.92. The molecule has 0 spiro atoms. The molecule has 5 heterocycles. The number of hydrogen-bond acceptors (Lipinski definition) is 7. The van der Waals surface area contributed by atoms with Crippen LogP contribution in [0.15, 0.2) is 30.7 Å². The number of piperidine rings is 1. The number of carbonyl (C=O) groups excluding carboxylic acids is 2. The van der Waals surface area contributed by atoms with Crippen molar-refractivity contribution in [2.75, 3.05) is 23.3 Å². The number of halogens is 5. The van der Waals surface area contributed by atoms with Crippen molar-refractivity contribution in [1.29, 1.82) is 0 Å². The quantitative estimate of drug-likeness (QED) is 0.132. The first-order valence-corrected chi connectivity index (χ1v) is 18.6. The van der Waals surface area contributed by atoms with Crippen LogP contribution in [0, 0.1) is 11.6 Å².